The van der Waals surface area contributed by atoms with Gasteiger partial charge in [-0.1, -0.05) is 30.3 Å². The third-order valence-corrected chi connectivity index (χ3v) is 5.61. The van der Waals surface area contributed by atoms with Gasteiger partial charge in [-0.05, 0) is 17.2 Å². The van der Waals surface area contributed by atoms with E-state index >= 15 is 0 Å². The molecule has 11 nitrogen and oxygen atoms in total. The first-order chi connectivity index (χ1) is 16.3. The van der Waals surface area contributed by atoms with Crippen molar-refractivity contribution < 1.29 is 14.4 Å². The Bertz CT molecular complexity index is 1450. The molecule has 0 aliphatic carbocycles. The van der Waals surface area contributed by atoms with E-state index in [1.54, 1.807) is 30.1 Å². The topological polar surface area (TPSA) is 152 Å². The van der Waals surface area contributed by atoms with Crippen LogP contribution in [0.1, 0.15) is 51.8 Å². The Balaban J connectivity index is 1.85. The van der Waals surface area contributed by atoms with Crippen LogP contribution < -0.4 is 10.9 Å². The molecule has 11 heteroatoms. The fourth-order valence-electron chi connectivity index (χ4n) is 3.99. The smallest absolute Gasteiger partial charge is 0.296 e. The lowest BCUT2D eigenvalue weighted by molar-refractivity contribution is 0.101. The van der Waals surface area contributed by atoms with Gasteiger partial charge in [-0.25, -0.2) is 4.98 Å². The van der Waals surface area contributed by atoms with Gasteiger partial charge in [0.15, 0.2) is 5.69 Å². The normalized spacial score (nSPS) is 12.6. The van der Waals surface area contributed by atoms with Crippen molar-refractivity contribution in [2.75, 3.05) is 5.32 Å². The summed E-state index contributed by atoms with van der Waals surface area (Å²) in [6.45, 7) is 1.84. The molecule has 2 N–H and O–H groups in total. The molecule has 3 heterocycles. The van der Waals surface area contributed by atoms with Gasteiger partial charge in [-0.15, -0.1) is 0 Å². The standard InChI is InChI=1S/C23H21N7O4/c1-13(18(15-9-25-29(2)11-15)17-7-5-4-6-14(17)8-24)21-28-19(20(31)23(33)30(21)3)22(32)27-16-10-26-34-12-16/h4-7,9-13,18,31H,1-3H3,(H,27,32)/t13-,18+/m0/s1. The quantitative estimate of drug-likeness (QED) is 0.445. The molecule has 0 spiro atoms. The van der Waals surface area contributed by atoms with Crippen molar-refractivity contribution in [3.8, 4) is 11.8 Å². The maximum Gasteiger partial charge on any atom is 0.296 e. The number of nitrogens with zero attached hydrogens (tertiary/aromatic N) is 6. The second-order valence-corrected chi connectivity index (χ2v) is 7.81. The molecule has 0 fully saturated rings. The monoisotopic (exact) mass is 459 g/mol. The van der Waals surface area contributed by atoms with E-state index < -0.39 is 34.7 Å². The van der Waals surface area contributed by atoms with Crippen molar-refractivity contribution in [3.05, 3.63) is 87.7 Å². The van der Waals surface area contributed by atoms with Crippen LogP contribution >= 0.6 is 0 Å². The van der Waals surface area contributed by atoms with Gasteiger partial charge in [0, 0.05) is 32.1 Å². The maximum atomic E-state index is 12.8. The van der Waals surface area contributed by atoms with Crippen LogP contribution in [-0.4, -0.2) is 35.5 Å². The van der Waals surface area contributed by atoms with Crippen LogP contribution in [-0.2, 0) is 14.1 Å². The predicted molar refractivity (Wildman–Crippen MR) is 120 cm³/mol. The van der Waals surface area contributed by atoms with E-state index in [1.165, 1.54) is 24.1 Å². The lowest BCUT2D eigenvalue weighted by Crippen LogP contribution is -2.29. The summed E-state index contributed by atoms with van der Waals surface area (Å²) in [5.41, 5.74) is 1.05. The van der Waals surface area contributed by atoms with Gasteiger partial charge in [-0.2, -0.15) is 10.4 Å². The predicted octanol–water partition coefficient (Wildman–Crippen LogP) is 2.27. The molecule has 1 aromatic carbocycles. The summed E-state index contributed by atoms with van der Waals surface area (Å²) in [5.74, 6) is -2.22. The zero-order chi connectivity index (χ0) is 24.4. The van der Waals surface area contributed by atoms with Gasteiger partial charge in [0.05, 0.1) is 24.0 Å². The van der Waals surface area contributed by atoms with E-state index in [0.29, 0.717) is 5.56 Å². The van der Waals surface area contributed by atoms with E-state index in [4.69, 9.17) is 4.52 Å². The Morgan fingerprint density at radius 3 is 2.68 bits per heavy atom. The third kappa shape index (κ3) is 4.04. The number of rotatable bonds is 6. The van der Waals surface area contributed by atoms with E-state index in [-0.39, 0.29) is 11.5 Å². The molecule has 0 radical (unpaired) electrons. The lowest BCUT2D eigenvalue weighted by atomic mass is 9.80. The van der Waals surface area contributed by atoms with E-state index in [1.807, 2.05) is 25.3 Å². The molecule has 0 aliphatic heterocycles. The molecule has 34 heavy (non-hydrogen) atoms. The molecule has 3 aromatic heterocycles. The first-order valence-electron chi connectivity index (χ1n) is 10.3. The van der Waals surface area contributed by atoms with Crippen LogP contribution in [0.25, 0.3) is 0 Å². The van der Waals surface area contributed by atoms with Gasteiger partial charge in [0.25, 0.3) is 11.5 Å². The zero-order valence-corrected chi connectivity index (χ0v) is 18.6. The SMILES string of the molecule is C[C@H](c1nc(C(=O)Nc2cnoc2)c(O)c(=O)n1C)[C@H](c1cnn(C)c1)c1ccccc1C#N. The van der Waals surface area contributed by atoms with E-state index in [0.717, 1.165) is 11.1 Å². The maximum absolute atomic E-state index is 12.8. The number of aryl methyl sites for hydroxylation is 1. The third-order valence-electron chi connectivity index (χ3n) is 5.61. The molecule has 1 amide bonds. The Kier molecular flexibility index (Phi) is 5.97. The number of hydrogen-bond donors (Lipinski definition) is 2. The van der Waals surface area contributed by atoms with Crippen LogP contribution in [0.2, 0.25) is 0 Å². The highest BCUT2D eigenvalue weighted by Gasteiger charge is 2.31. The minimum Gasteiger partial charge on any atom is -0.501 e. The number of benzene rings is 1. The van der Waals surface area contributed by atoms with Crippen molar-refractivity contribution in [2.45, 2.75) is 18.8 Å². The summed E-state index contributed by atoms with van der Waals surface area (Å²) in [4.78, 5) is 30.0. The molecule has 0 aliphatic rings. The van der Waals surface area contributed by atoms with Crippen molar-refractivity contribution >= 4 is 11.6 Å². The fraction of sp³-hybridized carbons (Fsp3) is 0.217. The second kappa shape index (κ2) is 9.03. The van der Waals surface area contributed by atoms with Gasteiger partial charge < -0.3 is 14.9 Å². The number of aromatic nitrogens is 5. The van der Waals surface area contributed by atoms with Crippen LogP contribution in [0, 0.1) is 11.3 Å². The Hall–Kier alpha value is -4.72. The van der Waals surface area contributed by atoms with Crippen molar-refractivity contribution in [1.82, 2.24) is 24.5 Å². The number of anilines is 1. The molecule has 0 saturated carbocycles. The number of aromatic hydroxyl groups is 1. The highest BCUT2D eigenvalue weighted by molar-refractivity contribution is 6.04. The molecule has 4 aromatic rings. The summed E-state index contributed by atoms with van der Waals surface area (Å²) in [6, 6.07) is 9.37. The average molecular weight is 459 g/mol. The Labute approximate surface area is 193 Å². The van der Waals surface area contributed by atoms with Crippen LogP contribution in [0.3, 0.4) is 0 Å². The summed E-state index contributed by atoms with van der Waals surface area (Å²) < 4.78 is 7.54. The van der Waals surface area contributed by atoms with Crippen molar-refractivity contribution in [2.24, 2.45) is 14.1 Å². The molecule has 0 saturated heterocycles. The zero-order valence-electron chi connectivity index (χ0n) is 18.6. The van der Waals surface area contributed by atoms with Gasteiger partial charge in [0.1, 0.15) is 17.8 Å². The molecule has 0 bridgehead atoms. The molecule has 2 atom stereocenters. The average Bonchev–Trinajstić information content (AvgIpc) is 3.50. The summed E-state index contributed by atoms with van der Waals surface area (Å²) in [5, 5.41) is 30.3. The summed E-state index contributed by atoms with van der Waals surface area (Å²) in [7, 11) is 3.25. The lowest BCUT2D eigenvalue weighted by Gasteiger charge is -2.26. The first-order valence-corrected chi connectivity index (χ1v) is 10.3. The highest BCUT2D eigenvalue weighted by Crippen LogP contribution is 2.38. The van der Waals surface area contributed by atoms with Crippen molar-refractivity contribution in [3.63, 3.8) is 0 Å². The molecular formula is C23H21N7O4. The van der Waals surface area contributed by atoms with E-state index in [9.17, 15) is 20.0 Å². The second-order valence-electron chi connectivity index (χ2n) is 7.81. The molecule has 4 rings (SSSR count). The fourth-order valence-corrected chi connectivity index (χ4v) is 3.99. The minimum atomic E-state index is -0.790. The van der Waals surface area contributed by atoms with Gasteiger partial charge >= 0.3 is 0 Å². The number of nitrogens with one attached hydrogen (secondary N) is 1. The Morgan fingerprint density at radius 1 is 1.26 bits per heavy atom. The van der Waals surface area contributed by atoms with Crippen molar-refractivity contribution in [1.29, 1.82) is 5.26 Å². The van der Waals surface area contributed by atoms with Gasteiger partial charge in [-0.3, -0.25) is 18.8 Å². The largest absolute Gasteiger partial charge is 0.501 e. The van der Waals surface area contributed by atoms with Crippen LogP contribution in [0.15, 0.2) is 58.4 Å². The first kappa shape index (κ1) is 22.5. The number of hydrogen-bond acceptors (Lipinski definition) is 8. The minimum absolute atomic E-state index is 0.248. The van der Waals surface area contributed by atoms with Gasteiger partial charge in [0.2, 0.25) is 5.75 Å². The molecule has 172 valence electrons. The highest BCUT2D eigenvalue weighted by atomic mass is 16.5. The van der Waals surface area contributed by atoms with Crippen LogP contribution in [0.4, 0.5) is 5.69 Å². The number of carbonyl (C=O) groups is 1. The summed E-state index contributed by atoms with van der Waals surface area (Å²) in [6.07, 6.45) is 5.99. The van der Waals surface area contributed by atoms with E-state index in [2.05, 4.69) is 26.6 Å². The van der Waals surface area contributed by atoms with Crippen LogP contribution in [0.5, 0.6) is 5.75 Å². The summed E-state index contributed by atoms with van der Waals surface area (Å²) >= 11 is 0. The number of carbonyl (C=O) groups excluding carboxylic acids is 1. The molecular weight excluding hydrogens is 438 g/mol. The number of amides is 1. The Morgan fingerprint density at radius 2 is 2.03 bits per heavy atom. The molecule has 0 unspecified atom stereocenters. The number of nitriles is 1.